The number of hydrogen-bond donors (Lipinski definition) is 3. The van der Waals surface area contributed by atoms with E-state index in [1.165, 1.54) is 45.3 Å². The molecule has 0 saturated carbocycles. The third-order valence-corrected chi connectivity index (χ3v) is 14.2. The van der Waals surface area contributed by atoms with Crippen LogP contribution in [-0.4, -0.2) is 113 Å². The standard InChI is InChI=1S/C55H79N6O3S/c1-40-20-28-48-46(38-40)54(5,6)50(58(48)34-16-36-60(9,10)11)30-23-42-18-15-19-43(52(42)57-44-25-21-41(22-26-44)32-33-56-53(2,3)4)24-31-51-55(7,8)47-39-45(65(62,63)64)27-29-49(47)59(51)35-17-37-61(12,13)14/h20-31,38-39,56H,15-19,32-37H2,1-14H3/q+1/p+2/b43-24+,51-31+. The number of rotatable bonds is 17. The Morgan fingerprint density at radius 2 is 1.49 bits per heavy atom. The van der Waals surface area contributed by atoms with Crippen molar-refractivity contribution in [1.29, 1.82) is 0 Å². The van der Waals surface area contributed by atoms with Gasteiger partial charge in [-0.2, -0.15) is 13.0 Å². The lowest BCUT2D eigenvalue weighted by molar-refractivity contribution is -0.871. The van der Waals surface area contributed by atoms with E-state index < -0.39 is 15.5 Å². The van der Waals surface area contributed by atoms with Crippen molar-refractivity contribution in [2.75, 3.05) is 85.2 Å². The van der Waals surface area contributed by atoms with E-state index >= 15 is 0 Å². The van der Waals surface area contributed by atoms with Gasteiger partial charge in [-0.3, -0.25) is 4.55 Å². The predicted octanol–water partition coefficient (Wildman–Crippen LogP) is 10.5. The Kier molecular flexibility index (Phi) is 14.7. The first kappa shape index (κ1) is 50.1. The number of fused-ring (bicyclic) bond motifs is 2. The molecule has 1 aliphatic carbocycles. The second kappa shape index (κ2) is 19.1. The van der Waals surface area contributed by atoms with Crippen LogP contribution in [-0.2, 0) is 27.4 Å². The molecule has 0 fully saturated rings. The Morgan fingerprint density at radius 1 is 0.815 bits per heavy atom. The highest BCUT2D eigenvalue weighted by Crippen LogP contribution is 2.49. The van der Waals surface area contributed by atoms with Crippen LogP contribution in [0.4, 0.5) is 17.1 Å². The molecule has 6 rings (SSSR count). The monoisotopic (exact) mass is 906 g/mol. The zero-order valence-corrected chi connectivity index (χ0v) is 43.1. The molecule has 0 radical (unpaired) electrons. The van der Waals surface area contributed by atoms with Crippen LogP contribution in [0.3, 0.4) is 0 Å². The molecule has 0 amide bonds. The number of benzene rings is 3. The molecule has 0 atom stereocenters. The fourth-order valence-electron chi connectivity index (χ4n) is 9.75. The van der Waals surface area contributed by atoms with E-state index in [1.807, 2.05) is 6.07 Å². The van der Waals surface area contributed by atoms with E-state index in [9.17, 15) is 13.0 Å². The maximum Gasteiger partial charge on any atom is 0.294 e. The van der Waals surface area contributed by atoms with Crippen LogP contribution < -0.4 is 15.5 Å². The van der Waals surface area contributed by atoms with Crippen molar-refractivity contribution in [1.82, 2.24) is 5.32 Å². The number of allylic oxidation sites excluding steroid dienone is 7. The molecule has 0 saturated heterocycles. The largest absolute Gasteiger partial charge is 0.355 e. The predicted molar refractivity (Wildman–Crippen MR) is 273 cm³/mol. The molecule has 65 heavy (non-hydrogen) atoms. The van der Waals surface area contributed by atoms with Crippen LogP contribution in [0.5, 0.6) is 0 Å². The van der Waals surface area contributed by atoms with E-state index in [1.54, 1.807) is 6.07 Å². The third kappa shape index (κ3) is 12.4. The second-order valence-electron chi connectivity index (χ2n) is 22.9. The van der Waals surface area contributed by atoms with Crippen molar-refractivity contribution < 1.29 is 26.5 Å². The van der Waals surface area contributed by atoms with Crippen molar-refractivity contribution >= 4 is 32.9 Å². The molecule has 3 N–H and O–H groups in total. The summed E-state index contributed by atoms with van der Waals surface area (Å²) in [7, 11) is 9.09. The molecule has 3 aromatic rings. The lowest BCUT2D eigenvalue weighted by Crippen LogP contribution is -2.37. The van der Waals surface area contributed by atoms with Crippen molar-refractivity contribution in [2.24, 2.45) is 0 Å². The first-order valence-electron chi connectivity index (χ1n) is 23.8. The van der Waals surface area contributed by atoms with Crippen LogP contribution in [0.2, 0.25) is 0 Å². The normalized spacial score (nSPS) is 19.0. The minimum Gasteiger partial charge on any atom is -0.355 e. The van der Waals surface area contributed by atoms with E-state index in [2.05, 4.69) is 185 Å². The third-order valence-electron chi connectivity index (χ3n) is 13.3. The minimum absolute atomic E-state index is 0.0710. The first-order valence-corrected chi connectivity index (χ1v) is 25.3. The lowest BCUT2D eigenvalue weighted by Gasteiger charge is -2.29. The topological polar surface area (TPSA) is 84.7 Å². The van der Waals surface area contributed by atoms with Gasteiger partial charge in [0.25, 0.3) is 10.1 Å². The number of hydrogen-bond acceptors (Lipinski definition) is 5. The van der Waals surface area contributed by atoms with Gasteiger partial charge in [-0.25, -0.2) is 0 Å². The van der Waals surface area contributed by atoms with Crippen molar-refractivity contribution in [3.05, 3.63) is 130 Å². The first-order chi connectivity index (χ1) is 30.1. The van der Waals surface area contributed by atoms with Gasteiger partial charge in [-0.15, -0.1) is 0 Å². The highest BCUT2D eigenvalue weighted by Gasteiger charge is 2.45. The fourth-order valence-corrected chi connectivity index (χ4v) is 10.3. The Morgan fingerprint density at radius 3 is 2.14 bits per heavy atom. The van der Waals surface area contributed by atoms with E-state index in [4.69, 9.17) is 0 Å². The van der Waals surface area contributed by atoms with Gasteiger partial charge in [0, 0.05) is 64.4 Å². The molecule has 2 aliphatic heterocycles. The molecule has 0 spiro atoms. The number of quaternary nitrogens is 2. The van der Waals surface area contributed by atoms with E-state index in [-0.39, 0.29) is 15.8 Å². The molecule has 352 valence electrons. The zero-order chi connectivity index (χ0) is 47.8. The highest BCUT2D eigenvalue weighted by atomic mass is 32.2. The highest BCUT2D eigenvalue weighted by molar-refractivity contribution is 7.85. The molecule has 3 aliphatic rings. The molecule has 0 aromatic heterocycles. The van der Waals surface area contributed by atoms with Gasteiger partial charge in [0.15, 0.2) is 12.3 Å². The van der Waals surface area contributed by atoms with Crippen LogP contribution in [0.15, 0.2) is 112 Å². The fraction of sp³-hybridized carbons (Fsp3) is 0.509. The summed E-state index contributed by atoms with van der Waals surface area (Å²) in [4.78, 5) is 2.30. The van der Waals surface area contributed by atoms with Crippen LogP contribution in [0.25, 0.3) is 0 Å². The van der Waals surface area contributed by atoms with Crippen LogP contribution >= 0.6 is 0 Å². The molecular weight excluding hydrogens is 825 g/mol. The van der Waals surface area contributed by atoms with Crippen molar-refractivity contribution in [3.8, 4) is 0 Å². The van der Waals surface area contributed by atoms with Gasteiger partial charge in [0.1, 0.15) is 0 Å². The summed E-state index contributed by atoms with van der Waals surface area (Å²) < 4.78 is 39.2. The molecular formula is C55H81N6O3S+3. The Hall–Kier alpha value is -4.32. The molecule has 9 nitrogen and oxygen atoms in total. The quantitative estimate of drug-likeness (QED) is 0.0711. The van der Waals surface area contributed by atoms with Gasteiger partial charge in [0.05, 0.1) is 72.1 Å². The zero-order valence-electron chi connectivity index (χ0n) is 42.3. The summed E-state index contributed by atoms with van der Waals surface area (Å²) in [6.45, 7) is 22.7. The molecule has 3 aromatic carbocycles. The van der Waals surface area contributed by atoms with Crippen molar-refractivity contribution in [2.45, 2.75) is 115 Å². The number of anilines is 2. The molecule has 10 heteroatoms. The molecule has 2 heterocycles. The smallest absolute Gasteiger partial charge is 0.294 e. The Bertz CT molecular complexity index is 2500. The summed E-state index contributed by atoms with van der Waals surface area (Å²) in [5.74, 6) is 0. The lowest BCUT2D eigenvalue weighted by atomic mass is 9.80. The number of nitrogens with zero attached hydrogens (tertiary/aromatic N) is 4. The SMILES string of the molecule is Cc1ccc2c(c1)C(C)(C)C(/C=C/C1=C(Nc3ccc(CCNC(C)(C)C)cc3)C(=C/C=C3/N(CCC[N+](C)(C)C)c4ccc(S(=O)(=O)O)cc4C3(C)C)/CCC1)=[N+]2CCC[N+](C)(C)C. The van der Waals surface area contributed by atoms with Crippen LogP contribution in [0.1, 0.15) is 103 Å². The summed E-state index contributed by atoms with van der Waals surface area (Å²) in [5.41, 5.74) is 13.8. The summed E-state index contributed by atoms with van der Waals surface area (Å²) in [6.07, 6.45) is 15.3. The van der Waals surface area contributed by atoms with E-state index in [0.29, 0.717) is 0 Å². The van der Waals surface area contributed by atoms with Gasteiger partial charge in [-0.05, 0) is 139 Å². The van der Waals surface area contributed by atoms with Gasteiger partial charge in [0.2, 0.25) is 5.69 Å². The number of aryl methyl sites for hydroxylation is 1. The Labute approximate surface area is 393 Å². The van der Waals surface area contributed by atoms with Crippen LogP contribution in [0, 0.1) is 6.92 Å². The van der Waals surface area contributed by atoms with Gasteiger partial charge in [-0.1, -0.05) is 49.8 Å². The van der Waals surface area contributed by atoms with Crippen molar-refractivity contribution in [3.63, 3.8) is 0 Å². The maximum atomic E-state index is 12.4. The molecule has 0 bridgehead atoms. The summed E-state index contributed by atoms with van der Waals surface area (Å²) >= 11 is 0. The van der Waals surface area contributed by atoms with E-state index in [0.717, 1.165) is 109 Å². The average Bonchev–Trinajstić information content (AvgIpc) is 3.52. The van der Waals surface area contributed by atoms with Gasteiger partial charge < -0.3 is 24.5 Å². The summed E-state index contributed by atoms with van der Waals surface area (Å²) in [6, 6.07) is 20.9. The maximum absolute atomic E-state index is 12.4. The van der Waals surface area contributed by atoms with Gasteiger partial charge >= 0.3 is 0 Å². The second-order valence-corrected chi connectivity index (χ2v) is 24.3. The average molecular weight is 906 g/mol. The molecule has 0 unspecified atom stereocenters. The number of nitrogens with one attached hydrogen (secondary N) is 2. The Balaban J connectivity index is 1.45. The minimum atomic E-state index is -4.36. The summed E-state index contributed by atoms with van der Waals surface area (Å²) in [5, 5.41) is 7.57.